The van der Waals surface area contributed by atoms with Crippen LogP contribution in [-0.4, -0.2) is 116 Å². The van der Waals surface area contributed by atoms with Gasteiger partial charge in [-0.05, 0) is 0 Å². The van der Waals surface area contributed by atoms with E-state index in [1.165, 1.54) is 0 Å². The van der Waals surface area contributed by atoms with Crippen molar-refractivity contribution in [3.8, 4) is 0 Å². The van der Waals surface area contributed by atoms with E-state index in [1.807, 2.05) is 0 Å². The maximum atomic E-state index is 11.2. The standard InChI is InChI=1S/C14H25NO11/c1-4(18)15-7-8(20)12(6(3-17)24-13(7)23)26-14-10(22)9(21)11(25-14)5(19)2-16/h5-14,16-17,19-23H,2-3H2,1H3,(H,15,18)/t5-,6+,7+,8+,9+,10+,11-,12+,13?,14-/m0/s1. The minimum Gasteiger partial charge on any atom is -0.394 e. The average molecular weight is 383 g/mol. The van der Waals surface area contributed by atoms with Crippen molar-refractivity contribution in [3.05, 3.63) is 0 Å². The van der Waals surface area contributed by atoms with Crippen molar-refractivity contribution in [1.29, 1.82) is 0 Å². The summed E-state index contributed by atoms with van der Waals surface area (Å²) in [4.78, 5) is 11.2. The van der Waals surface area contributed by atoms with Gasteiger partial charge in [0.2, 0.25) is 5.91 Å². The van der Waals surface area contributed by atoms with Crippen LogP contribution in [0.5, 0.6) is 0 Å². The summed E-state index contributed by atoms with van der Waals surface area (Å²) in [5.74, 6) is -0.559. The molecule has 0 aliphatic carbocycles. The Morgan fingerprint density at radius 2 is 1.77 bits per heavy atom. The number of rotatable bonds is 6. The summed E-state index contributed by atoms with van der Waals surface area (Å²) >= 11 is 0. The molecule has 2 aliphatic heterocycles. The number of hydrogen-bond acceptors (Lipinski definition) is 11. The van der Waals surface area contributed by atoms with Crippen molar-refractivity contribution in [2.45, 2.75) is 68.3 Å². The Labute approximate surface area is 148 Å². The van der Waals surface area contributed by atoms with E-state index in [-0.39, 0.29) is 0 Å². The lowest BCUT2D eigenvalue weighted by Gasteiger charge is -2.43. The molecule has 12 nitrogen and oxygen atoms in total. The predicted octanol–water partition coefficient (Wildman–Crippen LogP) is -5.25. The second-order valence-corrected chi connectivity index (χ2v) is 6.27. The highest BCUT2D eigenvalue weighted by Gasteiger charge is 2.51. The molecule has 8 N–H and O–H groups in total. The van der Waals surface area contributed by atoms with Crippen LogP contribution < -0.4 is 5.32 Å². The zero-order chi connectivity index (χ0) is 19.6. The van der Waals surface area contributed by atoms with E-state index in [0.717, 1.165) is 6.92 Å². The molecule has 1 amide bonds. The van der Waals surface area contributed by atoms with Crippen molar-refractivity contribution >= 4 is 5.91 Å². The minimum absolute atomic E-state index is 0.559. The summed E-state index contributed by atoms with van der Waals surface area (Å²) in [5, 5.41) is 70.4. The first-order valence-electron chi connectivity index (χ1n) is 8.06. The lowest BCUT2D eigenvalue weighted by Crippen LogP contribution is -2.65. The molecule has 2 aliphatic rings. The Morgan fingerprint density at radius 3 is 2.31 bits per heavy atom. The Kier molecular flexibility index (Phi) is 7.27. The molecule has 12 heteroatoms. The highest BCUT2D eigenvalue weighted by Crippen LogP contribution is 2.30. The topological polar surface area (TPSA) is 198 Å². The molecule has 1 unspecified atom stereocenters. The van der Waals surface area contributed by atoms with E-state index in [2.05, 4.69) is 5.32 Å². The number of carbonyl (C=O) groups excluding carboxylic acids is 1. The number of hydrogen-bond donors (Lipinski definition) is 8. The SMILES string of the molecule is CC(=O)N[C@H]1C(O)O[C@H](CO)[C@@H](O[C@@H]2O[C@@H]([C@@H](O)CO)[C@H](O)[C@H]2O)[C@@H]1O. The predicted molar refractivity (Wildman–Crippen MR) is 80.2 cm³/mol. The van der Waals surface area contributed by atoms with Gasteiger partial charge in [-0.25, -0.2) is 0 Å². The Hall–Kier alpha value is -0.930. The Balaban J connectivity index is 2.13. The molecule has 0 aromatic rings. The van der Waals surface area contributed by atoms with E-state index in [1.54, 1.807) is 0 Å². The van der Waals surface area contributed by atoms with Gasteiger partial charge in [0.15, 0.2) is 12.6 Å². The average Bonchev–Trinajstić information content (AvgIpc) is 2.88. The molecular formula is C14H25NO11. The lowest BCUT2D eigenvalue weighted by atomic mass is 9.96. The molecule has 0 bridgehead atoms. The van der Waals surface area contributed by atoms with Crippen molar-refractivity contribution in [2.24, 2.45) is 0 Å². The fourth-order valence-corrected chi connectivity index (χ4v) is 3.00. The summed E-state index contributed by atoms with van der Waals surface area (Å²) in [6, 6.07) is -1.28. The molecule has 26 heavy (non-hydrogen) atoms. The maximum Gasteiger partial charge on any atom is 0.217 e. The second-order valence-electron chi connectivity index (χ2n) is 6.27. The third kappa shape index (κ3) is 4.31. The van der Waals surface area contributed by atoms with E-state index in [9.17, 15) is 35.4 Å². The Morgan fingerprint density at radius 1 is 1.12 bits per heavy atom. The molecule has 0 spiro atoms. The minimum atomic E-state index is -1.63. The van der Waals surface area contributed by atoms with E-state index in [0.29, 0.717) is 0 Å². The molecule has 2 fully saturated rings. The van der Waals surface area contributed by atoms with Gasteiger partial charge in [-0.1, -0.05) is 0 Å². The van der Waals surface area contributed by atoms with Gasteiger partial charge >= 0.3 is 0 Å². The molecule has 0 aromatic carbocycles. The van der Waals surface area contributed by atoms with Gasteiger partial charge in [-0.3, -0.25) is 4.79 Å². The zero-order valence-corrected chi connectivity index (χ0v) is 14.0. The molecule has 0 saturated carbocycles. The van der Waals surface area contributed by atoms with E-state index >= 15 is 0 Å². The number of nitrogens with one attached hydrogen (secondary N) is 1. The zero-order valence-electron chi connectivity index (χ0n) is 14.0. The van der Waals surface area contributed by atoms with Crippen LogP contribution in [0.15, 0.2) is 0 Å². The number of aliphatic hydroxyl groups excluding tert-OH is 7. The molecule has 2 rings (SSSR count). The summed E-state index contributed by atoms with van der Waals surface area (Å²) < 4.78 is 15.7. The van der Waals surface area contributed by atoms with Crippen molar-refractivity contribution in [3.63, 3.8) is 0 Å². The van der Waals surface area contributed by atoms with Gasteiger partial charge in [0.05, 0.1) is 13.2 Å². The third-order valence-electron chi connectivity index (χ3n) is 4.36. The van der Waals surface area contributed by atoms with Crippen molar-refractivity contribution in [2.75, 3.05) is 13.2 Å². The van der Waals surface area contributed by atoms with Crippen LogP contribution in [0, 0.1) is 0 Å². The van der Waals surface area contributed by atoms with Crippen LogP contribution in [0.1, 0.15) is 6.92 Å². The molecule has 0 aromatic heterocycles. The smallest absolute Gasteiger partial charge is 0.217 e. The van der Waals surface area contributed by atoms with E-state index in [4.69, 9.17) is 19.3 Å². The van der Waals surface area contributed by atoms with Crippen molar-refractivity contribution in [1.82, 2.24) is 5.32 Å². The summed E-state index contributed by atoms with van der Waals surface area (Å²) in [6.07, 6.45) is -13.3. The third-order valence-corrected chi connectivity index (χ3v) is 4.36. The highest BCUT2D eigenvalue weighted by atomic mass is 16.7. The van der Waals surface area contributed by atoms with Crippen molar-refractivity contribution < 1.29 is 54.8 Å². The Bertz CT molecular complexity index is 480. The van der Waals surface area contributed by atoms with Gasteiger partial charge in [0, 0.05) is 6.92 Å². The molecule has 2 saturated heterocycles. The molecule has 2 heterocycles. The number of aliphatic hydroxyl groups is 7. The van der Waals surface area contributed by atoms with Crippen LogP contribution in [0.3, 0.4) is 0 Å². The fraction of sp³-hybridized carbons (Fsp3) is 0.929. The first-order chi connectivity index (χ1) is 12.2. The normalized spacial score (nSPS) is 44.7. The van der Waals surface area contributed by atoms with Gasteiger partial charge in [-0.15, -0.1) is 0 Å². The van der Waals surface area contributed by atoms with Gasteiger partial charge in [-0.2, -0.15) is 0 Å². The van der Waals surface area contributed by atoms with Gasteiger partial charge in [0.25, 0.3) is 0 Å². The first kappa shape index (κ1) is 21.4. The van der Waals surface area contributed by atoms with Crippen LogP contribution in [0.4, 0.5) is 0 Å². The largest absolute Gasteiger partial charge is 0.394 e. The monoisotopic (exact) mass is 383 g/mol. The van der Waals surface area contributed by atoms with Crippen LogP contribution in [-0.2, 0) is 19.0 Å². The molecule has 0 radical (unpaired) electrons. The lowest BCUT2D eigenvalue weighted by molar-refractivity contribution is -0.300. The summed E-state index contributed by atoms with van der Waals surface area (Å²) in [7, 11) is 0. The second kappa shape index (κ2) is 8.84. The molecular weight excluding hydrogens is 358 g/mol. The number of carbonyl (C=O) groups is 1. The van der Waals surface area contributed by atoms with Crippen LogP contribution >= 0.6 is 0 Å². The number of ether oxygens (including phenoxy) is 3. The molecule has 10 atom stereocenters. The fourth-order valence-electron chi connectivity index (χ4n) is 3.00. The van der Waals surface area contributed by atoms with Gasteiger partial charge in [0.1, 0.15) is 48.8 Å². The number of amides is 1. The quantitative estimate of drug-likeness (QED) is 0.218. The summed E-state index contributed by atoms with van der Waals surface area (Å²) in [6.45, 7) is -0.236. The van der Waals surface area contributed by atoms with Crippen LogP contribution in [0.25, 0.3) is 0 Å². The van der Waals surface area contributed by atoms with Crippen LogP contribution in [0.2, 0.25) is 0 Å². The highest BCUT2D eigenvalue weighted by molar-refractivity contribution is 5.73. The molecule has 152 valence electrons. The first-order valence-corrected chi connectivity index (χ1v) is 8.06. The summed E-state index contributed by atoms with van der Waals surface area (Å²) in [5.41, 5.74) is 0. The van der Waals surface area contributed by atoms with E-state index < -0.39 is 80.5 Å². The maximum absolute atomic E-state index is 11.2. The van der Waals surface area contributed by atoms with Gasteiger partial charge < -0.3 is 55.3 Å².